The third-order valence-corrected chi connectivity index (χ3v) is 0.406. The van der Waals surface area contributed by atoms with Crippen molar-refractivity contribution in [3.8, 4) is 0 Å². The first-order chi connectivity index (χ1) is 5.23. The lowest BCUT2D eigenvalue weighted by atomic mass is 10.3. The van der Waals surface area contributed by atoms with E-state index in [0.29, 0.717) is 0 Å². The number of nitrogens with one attached hydrogen (secondary N) is 1. The van der Waals surface area contributed by atoms with Crippen LogP contribution in [0.5, 0.6) is 0 Å². The fourth-order valence-corrected chi connectivity index (χ4v) is 0.215. The minimum atomic E-state index is 0. The molecule has 2 nitrogen and oxygen atoms in total. The van der Waals surface area contributed by atoms with Crippen LogP contribution in [0.3, 0.4) is 0 Å². The van der Waals surface area contributed by atoms with Crippen molar-refractivity contribution < 1.29 is 0 Å². The van der Waals surface area contributed by atoms with Crippen molar-refractivity contribution in [2.45, 2.75) is 42.0 Å². The van der Waals surface area contributed by atoms with Gasteiger partial charge in [0.05, 0.1) is 0 Å². The van der Waals surface area contributed by atoms with Crippen molar-refractivity contribution in [2.24, 2.45) is 5.92 Å². The zero-order valence-electron chi connectivity index (χ0n) is 8.26. The van der Waals surface area contributed by atoms with E-state index < -0.39 is 0 Å². The molecule has 2 heteroatoms. The first-order valence-electron chi connectivity index (χ1n) is 4.17. The van der Waals surface area contributed by atoms with Gasteiger partial charge in [-0.3, -0.25) is 5.10 Å². The molecule has 1 N–H and O–H groups in total. The SMILES string of the molecule is C.CC.CC(C)C.c1cn[nH]c1. The van der Waals surface area contributed by atoms with E-state index in [1.165, 1.54) is 0 Å². The van der Waals surface area contributed by atoms with E-state index in [9.17, 15) is 0 Å². The van der Waals surface area contributed by atoms with Crippen molar-refractivity contribution in [3.63, 3.8) is 0 Å². The molecule has 1 rings (SSSR count). The number of hydrogen-bond donors (Lipinski definition) is 1. The van der Waals surface area contributed by atoms with Crippen LogP contribution in [0.25, 0.3) is 0 Å². The second-order valence-electron chi connectivity index (χ2n) is 2.50. The summed E-state index contributed by atoms with van der Waals surface area (Å²) in [5.41, 5.74) is 0. The molecule has 0 amide bonds. The van der Waals surface area contributed by atoms with E-state index in [1.54, 1.807) is 12.4 Å². The number of H-pyrrole nitrogens is 1. The molecule has 0 bridgehead atoms. The fraction of sp³-hybridized carbons (Fsp3) is 0.700. The quantitative estimate of drug-likeness (QED) is 0.634. The van der Waals surface area contributed by atoms with Crippen molar-refractivity contribution in [2.75, 3.05) is 0 Å². The molecule has 0 aliphatic carbocycles. The molecule has 0 spiro atoms. The molecule has 12 heavy (non-hydrogen) atoms. The first kappa shape index (κ1) is 17.3. The molecule has 0 unspecified atom stereocenters. The Labute approximate surface area is 77.4 Å². The molecular weight excluding hydrogens is 148 g/mol. The van der Waals surface area contributed by atoms with Gasteiger partial charge in [0.15, 0.2) is 0 Å². The molecule has 0 saturated heterocycles. The van der Waals surface area contributed by atoms with Crippen LogP contribution >= 0.6 is 0 Å². The van der Waals surface area contributed by atoms with Gasteiger partial charge in [-0.25, -0.2) is 0 Å². The number of aromatic amines is 1. The maximum Gasteiger partial charge on any atom is 0.0487 e. The molecule has 0 saturated carbocycles. The number of rotatable bonds is 0. The van der Waals surface area contributed by atoms with Crippen LogP contribution in [0.1, 0.15) is 42.0 Å². The zero-order valence-corrected chi connectivity index (χ0v) is 8.26. The fourth-order valence-electron chi connectivity index (χ4n) is 0.215. The molecule has 1 aromatic heterocycles. The molecule has 1 heterocycles. The minimum Gasteiger partial charge on any atom is -0.286 e. The van der Waals surface area contributed by atoms with Gasteiger partial charge in [0.2, 0.25) is 0 Å². The molecular formula is C10H24N2. The highest BCUT2D eigenvalue weighted by Crippen LogP contribution is 1.81. The summed E-state index contributed by atoms with van der Waals surface area (Å²) in [5, 5.41) is 6.21. The molecule has 0 fully saturated rings. The minimum absolute atomic E-state index is 0. The van der Waals surface area contributed by atoms with Crippen LogP contribution in [0.15, 0.2) is 18.5 Å². The Morgan fingerprint density at radius 3 is 1.67 bits per heavy atom. The normalized spacial score (nSPS) is 6.83. The monoisotopic (exact) mass is 172 g/mol. The van der Waals surface area contributed by atoms with Crippen molar-refractivity contribution in [1.82, 2.24) is 10.2 Å². The highest BCUT2D eigenvalue weighted by molar-refractivity contribution is 4.72. The van der Waals surface area contributed by atoms with E-state index >= 15 is 0 Å². The third kappa shape index (κ3) is 35.0. The molecule has 1 aromatic rings. The van der Waals surface area contributed by atoms with Gasteiger partial charge in [0, 0.05) is 12.4 Å². The zero-order chi connectivity index (χ0) is 9.11. The Balaban J connectivity index is -0.000000107. The predicted octanol–water partition coefficient (Wildman–Crippen LogP) is 3.73. The van der Waals surface area contributed by atoms with Crippen LogP contribution in [0.2, 0.25) is 0 Å². The topological polar surface area (TPSA) is 28.7 Å². The van der Waals surface area contributed by atoms with Crippen LogP contribution in [0.4, 0.5) is 0 Å². The van der Waals surface area contributed by atoms with Crippen molar-refractivity contribution in [1.29, 1.82) is 0 Å². The second-order valence-corrected chi connectivity index (χ2v) is 2.50. The summed E-state index contributed by atoms with van der Waals surface area (Å²) < 4.78 is 0. The highest BCUT2D eigenvalue weighted by Gasteiger charge is 1.68. The Kier molecular flexibility index (Phi) is 24.1. The van der Waals surface area contributed by atoms with Gasteiger partial charge in [0.1, 0.15) is 0 Å². The Bertz CT molecular complexity index is 91.4. The van der Waals surface area contributed by atoms with E-state index in [0.717, 1.165) is 5.92 Å². The maximum absolute atomic E-state index is 3.60. The second kappa shape index (κ2) is 16.7. The van der Waals surface area contributed by atoms with Crippen LogP contribution in [0, 0.1) is 5.92 Å². The summed E-state index contributed by atoms with van der Waals surface area (Å²) in [6.07, 6.45) is 3.46. The summed E-state index contributed by atoms with van der Waals surface area (Å²) in [5.74, 6) is 0.833. The molecule has 0 aliphatic rings. The van der Waals surface area contributed by atoms with Crippen LogP contribution < -0.4 is 0 Å². The van der Waals surface area contributed by atoms with Crippen LogP contribution in [-0.2, 0) is 0 Å². The summed E-state index contributed by atoms with van der Waals surface area (Å²) in [6, 6.07) is 1.83. The molecule has 74 valence electrons. The average Bonchev–Trinajstić information content (AvgIpc) is 2.44. The van der Waals surface area contributed by atoms with E-state index in [4.69, 9.17) is 0 Å². The number of aromatic nitrogens is 2. The molecule has 0 aliphatic heterocycles. The summed E-state index contributed by atoms with van der Waals surface area (Å²) in [4.78, 5) is 0. The van der Waals surface area contributed by atoms with Gasteiger partial charge in [-0.2, -0.15) is 5.10 Å². The largest absolute Gasteiger partial charge is 0.286 e. The van der Waals surface area contributed by atoms with Crippen molar-refractivity contribution >= 4 is 0 Å². The van der Waals surface area contributed by atoms with E-state index in [2.05, 4.69) is 31.0 Å². The van der Waals surface area contributed by atoms with Gasteiger partial charge in [-0.15, -0.1) is 0 Å². The summed E-state index contributed by atoms with van der Waals surface area (Å²) in [6.45, 7) is 10.5. The lowest BCUT2D eigenvalue weighted by Gasteiger charge is -1.79. The average molecular weight is 172 g/mol. The number of hydrogen-bond acceptors (Lipinski definition) is 1. The molecule has 0 atom stereocenters. The van der Waals surface area contributed by atoms with E-state index in [-0.39, 0.29) is 7.43 Å². The molecule has 0 aromatic carbocycles. The molecule has 0 radical (unpaired) electrons. The van der Waals surface area contributed by atoms with Gasteiger partial charge in [0.25, 0.3) is 0 Å². The number of nitrogens with zero attached hydrogens (tertiary/aromatic N) is 1. The predicted molar refractivity (Wildman–Crippen MR) is 57.2 cm³/mol. The first-order valence-corrected chi connectivity index (χ1v) is 4.17. The van der Waals surface area contributed by atoms with Crippen LogP contribution in [-0.4, -0.2) is 10.2 Å². The lowest BCUT2D eigenvalue weighted by molar-refractivity contribution is 0.737. The Hall–Kier alpha value is -0.790. The summed E-state index contributed by atoms with van der Waals surface area (Å²) in [7, 11) is 0. The van der Waals surface area contributed by atoms with Gasteiger partial charge >= 0.3 is 0 Å². The lowest BCUT2D eigenvalue weighted by Crippen LogP contribution is -1.66. The summed E-state index contributed by atoms with van der Waals surface area (Å²) >= 11 is 0. The Morgan fingerprint density at radius 1 is 1.17 bits per heavy atom. The smallest absolute Gasteiger partial charge is 0.0487 e. The Morgan fingerprint density at radius 2 is 1.58 bits per heavy atom. The highest BCUT2D eigenvalue weighted by atomic mass is 15.1. The van der Waals surface area contributed by atoms with Gasteiger partial charge in [-0.1, -0.05) is 42.0 Å². The maximum atomic E-state index is 3.60. The van der Waals surface area contributed by atoms with E-state index in [1.807, 2.05) is 19.9 Å². The van der Waals surface area contributed by atoms with Gasteiger partial charge < -0.3 is 0 Å². The third-order valence-electron chi connectivity index (χ3n) is 0.406. The van der Waals surface area contributed by atoms with Gasteiger partial charge in [-0.05, 0) is 12.0 Å². The standard InChI is InChI=1S/C4H10.C3H4N2.C2H6.CH4/c1-4(2)3;1-2-4-5-3-1;1-2;/h4H,1-3H3;1-3H,(H,4,5);1-2H3;1H4. The van der Waals surface area contributed by atoms with Crippen molar-refractivity contribution in [3.05, 3.63) is 18.5 Å².